The molecule has 0 bridgehead atoms. The fourth-order valence-electron chi connectivity index (χ4n) is 1.60. The number of nitrogens with zero attached hydrogens (tertiary/aromatic N) is 1. The zero-order valence-corrected chi connectivity index (χ0v) is 13.7. The molecule has 0 atom stereocenters. The van der Waals surface area contributed by atoms with Gasteiger partial charge in [0.15, 0.2) is 0 Å². The van der Waals surface area contributed by atoms with E-state index in [0.29, 0.717) is 4.88 Å². The number of sulfonamides is 1. The molecule has 0 fully saturated rings. The molecule has 0 saturated carbocycles. The highest BCUT2D eigenvalue weighted by molar-refractivity contribution is 7.91. The first-order chi connectivity index (χ1) is 9.46. The Morgan fingerprint density at radius 3 is 2.70 bits per heavy atom. The minimum Gasteiger partial charge on any atom is -0.391 e. The Bertz CT molecular complexity index is 689. The number of nitrogens with one attached hydrogen (secondary N) is 1. The van der Waals surface area contributed by atoms with E-state index in [0.717, 1.165) is 33.2 Å². The molecular formula is C12H16N2O3S3. The highest BCUT2D eigenvalue weighted by atomic mass is 32.2. The van der Waals surface area contributed by atoms with E-state index in [1.54, 1.807) is 19.2 Å². The average Bonchev–Trinajstić information content (AvgIpc) is 3.02. The molecule has 0 amide bonds. The molecule has 2 rings (SSSR count). The first-order valence-corrected chi connectivity index (χ1v) is 9.21. The largest absolute Gasteiger partial charge is 0.391 e. The lowest BCUT2D eigenvalue weighted by Crippen LogP contribution is -2.22. The first kappa shape index (κ1) is 15.6. The number of hydrogen-bond donors (Lipinski definition) is 2. The maximum atomic E-state index is 12.2. The second-order valence-corrected chi connectivity index (χ2v) is 8.56. The van der Waals surface area contributed by atoms with Gasteiger partial charge in [-0.25, -0.2) is 18.1 Å². The van der Waals surface area contributed by atoms with Crippen molar-refractivity contribution < 1.29 is 13.5 Å². The molecule has 0 aliphatic rings. The van der Waals surface area contributed by atoms with Gasteiger partial charge in [0.1, 0.15) is 9.22 Å². The zero-order chi connectivity index (χ0) is 14.8. The summed E-state index contributed by atoms with van der Waals surface area (Å²) in [6.07, 6.45) is 2.67. The van der Waals surface area contributed by atoms with Crippen LogP contribution in [0.5, 0.6) is 0 Å². The van der Waals surface area contributed by atoms with Crippen molar-refractivity contribution in [2.45, 2.75) is 37.6 Å². The van der Waals surface area contributed by atoms with Gasteiger partial charge in [0.25, 0.3) is 0 Å². The Kier molecular flexibility index (Phi) is 4.92. The van der Waals surface area contributed by atoms with E-state index in [-0.39, 0.29) is 17.4 Å². The highest BCUT2D eigenvalue weighted by Crippen LogP contribution is 2.26. The van der Waals surface area contributed by atoms with Crippen LogP contribution in [0.3, 0.4) is 0 Å². The highest BCUT2D eigenvalue weighted by Gasteiger charge is 2.19. The van der Waals surface area contributed by atoms with Gasteiger partial charge in [0.05, 0.1) is 13.2 Å². The molecule has 2 aromatic heterocycles. The lowest BCUT2D eigenvalue weighted by Gasteiger charge is -2.01. The molecule has 2 N–H and O–H groups in total. The van der Waals surface area contributed by atoms with Crippen molar-refractivity contribution in [1.82, 2.24) is 9.71 Å². The summed E-state index contributed by atoms with van der Waals surface area (Å²) in [5.74, 6) is 0. The number of aliphatic hydroxyl groups excluding tert-OH is 1. The normalized spacial score (nSPS) is 11.9. The topological polar surface area (TPSA) is 79.3 Å². The van der Waals surface area contributed by atoms with Gasteiger partial charge in [-0.3, -0.25) is 0 Å². The number of aliphatic hydroxyl groups is 1. The summed E-state index contributed by atoms with van der Waals surface area (Å²) < 4.78 is 27.1. The number of hydrogen-bond acceptors (Lipinski definition) is 6. The number of rotatable bonds is 6. The molecule has 5 nitrogen and oxygen atoms in total. The van der Waals surface area contributed by atoms with Gasteiger partial charge in [-0.05, 0) is 25.0 Å². The predicted octanol–water partition coefficient (Wildman–Crippen LogP) is 2.05. The molecule has 0 aromatic carbocycles. The number of aromatic nitrogens is 1. The van der Waals surface area contributed by atoms with Crippen LogP contribution in [0.15, 0.2) is 16.5 Å². The monoisotopic (exact) mass is 332 g/mol. The molecule has 2 heterocycles. The van der Waals surface area contributed by atoms with Crippen LogP contribution in [0.25, 0.3) is 0 Å². The number of aryl methyl sites for hydroxylation is 2. The lowest BCUT2D eigenvalue weighted by molar-refractivity contribution is 0.285. The summed E-state index contributed by atoms with van der Waals surface area (Å²) >= 11 is 2.60. The van der Waals surface area contributed by atoms with Crippen molar-refractivity contribution in [3.05, 3.63) is 32.6 Å². The minimum absolute atomic E-state index is 0.141. The van der Waals surface area contributed by atoms with Crippen LogP contribution < -0.4 is 4.72 Å². The third kappa shape index (κ3) is 3.44. The fourth-order valence-corrected chi connectivity index (χ4v) is 4.97. The summed E-state index contributed by atoms with van der Waals surface area (Å²) in [6.45, 7) is 3.87. The molecule has 20 heavy (non-hydrogen) atoms. The smallest absolute Gasteiger partial charge is 0.250 e. The van der Waals surface area contributed by atoms with Crippen LogP contribution >= 0.6 is 22.7 Å². The number of thiazole rings is 1. The number of thiophene rings is 1. The first-order valence-electron chi connectivity index (χ1n) is 6.09. The van der Waals surface area contributed by atoms with Crippen molar-refractivity contribution in [3.63, 3.8) is 0 Å². The summed E-state index contributed by atoms with van der Waals surface area (Å²) in [5.41, 5.74) is 0.792. The molecule has 0 aliphatic heterocycles. The Labute approximate surface area is 126 Å². The summed E-state index contributed by atoms with van der Waals surface area (Å²) in [7, 11) is -3.54. The van der Waals surface area contributed by atoms with E-state index in [1.807, 2.05) is 6.92 Å². The standard InChI is InChI=1S/C12H16N2O3S3/c1-3-9-5-13-11(18-9)6-14-20(16,17)12-4-8(2)10(7-15)19-12/h4-5,14-15H,3,6-7H2,1-2H3. The van der Waals surface area contributed by atoms with Crippen LogP contribution in [0.4, 0.5) is 0 Å². The van der Waals surface area contributed by atoms with Crippen LogP contribution in [0, 0.1) is 6.92 Å². The van der Waals surface area contributed by atoms with Gasteiger partial charge in [-0.15, -0.1) is 22.7 Å². The molecular weight excluding hydrogens is 316 g/mol. The van der Waals surface area contributed by atoms with Gasteiger partial charge in [0, 0.05) is 16.0 Å². The third-order valence-corrected chi connectivity index (χ3v) is 7.01. The van der Waals surface area contributed by atoms with Gasteiger partial charge < -0.3 is 5.11 Å². The minimum atomic E-state index is -3.54. The predicted molar refractivity (Wildman–Crippen MR) is 80.5 cm³/mol. The summed E-state index contributed by atoms with van der Waals surface area (Å²) in [5, 5.41) is 9.87. The van der Waals surface area contributed by atoms with Crippen LogP contribution in [0.1, 0.15) is 27.2 Å². The molecule has 110 valence electrons. The van der Waals surface area contributed by atoms with E-state index in [1.165, 1.54) is 11.3 Å². The maximum Gasteiger partial charge on any atom is 0.250 e. The van der Waals surface area contributed by atoms with Crippen molar-refractivity contribution in [2.75, 3.05) is 0 Å². The third-order valence-electron chi connectivity index (χ3n) is 2.77. The van der Waals surface area contributed by atoms with Crippen molar-refractivity contribution in [2.24, 2.45) is 0 Å². The molecule has 2 aromatic rings. The zero-order valence-electron chi connectivity index (χ0n) is 11.2. The molecule has 0 aliphatic carbocycles. The fraction of sp³-hybridized carbons (Fsp3) is 0.417. The molecule has 8 heteroatoms. The van der Waals surface area contributed by atoms with E-state index in [2.05, 4.69) is 9.71 Å². The Hall–Kier alpha value is -0.800. The van der Waals surface area contributed by atoms with E-state index in [4.69, 9.17) is 5.11 Å². The lowest BCUT2D eigenvalue weighted by atomic mass is 10.3. The second kappa shape index (κ2) is 6.31. The second-order valence-electron chi connectivity index (χ2n) is 4.23. The van der Waals surface area contributed by atoms with E-state index in [9.17, 15) is 8.42 Å². The Morgan fingerprint density at radius 1 is 1.40 bits per heavy atom. The van der Waals surface area contributed by atoms with Gasteiger partial charge >= 0.3 is 0 Å². The Balaban J connectivity index is 2.10. The van der Waals surface area contributed by atoms with Crippen molar-refractivity contribution in [3.8, 4) is 0 Å². The van der Waals surface area contributed by atoms with E-state index >= 15 is 0 Å². The van der Waals surface area contributed by atoms with Crippen LogP contribution in [0.2, 0.25) is 0 Å². The molecule has 0 radical (unpaired) electrons. The van der Waals surface area contributed by atoms with Gasteiger partial charge in [-0.1, -0.05) is 6.92 Å². The van der Waals surface area contributed by atoms with Gasteiger partial charge in [0.2, 0.25) is 10.0 Å². The quantitative estimate of drug-likeness (QED) is 0.848. The van der Waals surface area contributed by atoms with Crippen molar-refractivity contribution in [1.29, 1.82) is 0 Å². The van der Waals surface area contributed by atoms with E-state index < -0.39 is 10.0 Å². The maximum absolute atomic E-state index is 12.2. The summed E-state index contributed by atoms with van der Waals surface area (Å²) in [6, 6.07) is 1.58. The average molecular weight is 332 g/mol. The van der Waals surface area contributed by atoms with Crippen LogP contribution in [-0.4, -0.2) is 18.5 Å². The molecule has 0 saturated heterocycles. The molecule has 0 unspecified atom stereocenters. The van der Waals surface area contributed by atoms with Crippen LogP contribution in [-0.2, 0) is 29.6 Å². The Morgan fingerprint density at radius 2 is 2.15 bits per heavy atom. The molecule has 0 spiro atoms. The van der Waals surface area contributed by atoms with Gasteiger partial charge in [-0.2, -0.15) is 0 Å². The van der Waals surface area contributed by atoms with Crippen molar-refractivity contribution >= 4 is 32.7 Å². The SMILES string of the molecule is CCc1cnc(CNS(=O)(=O)c2cc(C)c(CO)s2)s1. The summed E-state index contributed by atoms with van der Waals surface area (Å²) in [4.78, 5) is 5.98.